The highest BCUT2D eigenvalue weighted by Gasteiger charge is 2.20. The molecule has 0 aliphatic carbocycles. The minimum Gasteiger partial charge on any atom is -0.423 e. The molecule has 4 nitrogen and oxygen atoms in total. The van der Waals surface area contributed by atoms with Crippen LogP contribution in [0.1, 0.15) is 32.6 Å². The van der Waals surface area contributed by atoms with Crippen molar-refractivity contribution in [1.82, 2.24) is 9.55 Å². The van der Waals surface area contributed by atoms with Crippen LogP contribution in [0.4, 0.5) is 4.39 Å². The van der Waals surface area contributed by atoms with E-state index in [2.05, 4.69) is 4.98 Å². The Bertz CT molecular complexity index is 581. The summed E-state index contributed by atoms with van der Waals surface area (Å²) in [5.74, 6) is 0.242. The number of fused-ring (bicyclic) bond motifs is 1. The summed E-state index contributed by atoms with van der Waals surface area (Å²) in [4.78, 5) is 4.41. The first-order chi connectivity index (χ1) is 8.45. The van der Waals surface area contributed by atoms with Gasteiger partial charge in [-0.15, -0.1) is 0 Å². The van der Waals surface area contributed by atoms with Crippen LogP contribution in [-0.4, -0.2) is 26.7 Å². The molecule has 2 rings (SSSR count). The van der Waals surface area contributed by atoms with Crippen LogP contribution in [0, 0.1) is 5.82 Å². The Labute approximate surface area is 105 Å². The summed E-state index contributed by atoms with van der Waals surface area (Å²) in [5, 5.41) is 18.2. The molecular formula is C12H16BFN2O2. The second kappa shape index (κ2) is 4.70. The lowest BCUT2D eigenvalue weighted by molar-refractivity contribution is 0.423. The third-order valence-corrected chi connectivity index (χ3v) is 2.99. The molecule has 1 aromatic heterocycles. The first-order valence-corrected chi connectivity index (χ1v) is 6.02. The fourth-order valence-corrected chi connectivity index (χ4v) is 2.21. The monoisotopic (exact) mass is 250 g/mol. The van der Waals surface area contributed by atoms with Crippen molar-refractivity contribution in [2.45, 2.75) is 33.2 Å². The van der Waals surface area contributed by atoms with Crippen molar-refractivity contribution in [3.8, 4) is 0 Å². The molecule has 0 saturated heterocycles. The molecule has 6 heteroatoms. The third kappa shape index (κ3) is 2.02. The second-order valence-corrected chi connectivity index (χ2v) is 4.58. The minimum absolute atomic E-state index is 0.140. The Morgan fingerprint density at radius 1 is 1.39 bits per heavy atom. The van der Waals surface area contributed by atoms with E-state index < -0.39 is 12.9 Å². The van der Waals surface area contributed by atoms with Crippen LogP contribution in [-0.2, 0) is 6.42 Å². The molecule has 0 unspecified atom stereocenters. The van der Waals surface area contributed by atoms with Crippen LogP contribution in [0.25, 0.3) is 11.0 Å². The van der Waals surface area contributed by atoms with Crippen LogP contribution in [0.3, 0.4) is 0 Å². The summed E-state index contributed by atoms with van der Waals surface area (Å²) in [6.45, 7) is 6.00. The second-order valence-electron chi connectivity index (χ2n) is 4.58. The summed E-state index contributed by atoms with van der Waals surface area (Å²) in [6, 6.07) is 2.89. The predicted octanol–water partition coefficient (Wildman–Crippen LogP) is 0.998. The maximum Gasteiger partial charge on any atom is 0.491 e. The number of halogens is 1. The van der Waals surface area contributed by atoms with E-state index >= 15 is 0 Å². The van der Waals surface area contributed by atoms with E-state index in [0.717, 1.165) is 12.2 Å². The molecule has 1 heterocycles. The Balaban J connectivity index is 2.74. The topological polar surface area (TPSA) is 58.3 Å². The quantitative estimate of drug-likeness (QED) is 0.799. The number of imidazole rings is 1. The molecule has 1 aromatic carbocycles. The molecule has 0 radical (unpaired) electrons. The smallest absolute Gasteiger partial charge is 0.423 e. The lowest BCUT2D eigenvalue weighted by Gasteiger charge is -2.12. The van der Waals surface area contributed by atoms with Crippen LogP contribution in [0.5, 0.6) is 0 Å². The molecule has 0 bridgehead atoms. The number of rotatable bonds is 3. The Kier molecular flexibility index (Phi) is 3.41. The largest absolute Gasteiger partial charge is 0.491 e. The number of aromatic nitrogens is 2. The van der Waals surface area contributed by atoms with Gasteiger partial charge in [0.2, 0.25) is 0 Å². The molecule has 0 amide bonds. The SMILES string of the molecule is CCc1nc2cc(B(O)O)c(F)cc2n1C(C)C. The van der Waals surface area contributed by atoms with Gasteiger partial charge in [0.25, 0.3) is 0 Å². The maximum absolute atomic E-state index is 13.8. The standard InChI is InChI=1S/C12H16BFN2O2/c1-4-12-15-10-5-8(13(17)18)9(14)6-11(10)16(12)7(2)3/h5-7,17-18H,4H2,1-3H3. The molecule has 0 aliphatic heterocycles. The number of nitrogens with zero attached hydrogens (tertiary/aromatic N) is 2. The fourth-order valence-electron chi connectivity index (χ4n) is 2.21. The van der Waals surface area contributed by atoms with E-state index in [1.807, 2.05) is 25.3 Å². The fraction of sp³-hybridized carbons (Fsp3) is 0.417. The minimum atomic E-state index is -1.82. The van der Waals surface area contributed by atoms with Crippen molar-refractivity contribution in [1.29, 1.82) is 0 Å². The molecule has 0 spiro atoms. The molecule has 0 saturated carbocycles. The Morgan fingerprint density at radius 3 is 2.56 bits per heavy atom. The highest BCUT2D eigenvalue weighted by atomic mass is 19.1. The Morgan fingerprint density at radius 2 is 2.06 bits per heavy atom. The summed E-state index contributed by atoms with van der Waals surface area (Å²) < 4.78 is 15.7. The van der Waals surface area contributed by atoms with Gasteiger partial charge in [0.05, 0.1) is 11.0 Å². The van der Waals surface area contributed by atoms with E-state index in [4.69, 9.17) is 10.0 Å². The van der Waals surface area contributed by atoms with Gasteiger partial charge >= 0.3 is 7.12 Å². The number of aryl methyl sites for hydroxylation is 1. The van der Waals surface area contributed by atoms with Crippen molar-refractivity contribution in [2.24, 2.45) is 0 Å². The van der Waals surface area contributed by atoms with E-state index in [9.17, 15) is 4.39 Å². The molecule has 0 atom stereocenters. The highest BCUT2D eigenvalue weighted by molar-refractivity contribution is 6.59. The first kappa shape index (κ1) is 13.0. The van der Waals surface area contributed by atoms with Gasteiger partial charge in [0, 0.05) is 17.9 Å². The van der Waals surface area contributed by atoms with E-state index in [-0.39, 0.29) is 11.5 Å². The Hall–Kier alpha value is -1.40. The van der Waals surface area contributed by atoms with Gasteiger partial charge in [-0.25, -0.2) is 9.37 Å². The predicted molar refractivity (Wildman–Crippen MR) is 69.3 cm³/mol. The zero-order valence-electron chi connectivity index (χ0n) is 10.7. The van der Waals surface area contributed by atoms with Crippen LogP contribution < -0.4 is 5.46 Å². The molecule has 2 aromatic rings. The third-order valence-electron chi connectivity index (χ3n) is 2.99. The lowest BCUT2D eigenvalue weighted by atomic mass is 9.79. The van der Waals surface area contributed by atoms with Gasteiger partial charge in [0.15, 0.2) is 0 Å². The summed E-state index contributed by atoms with van der Waals surface area (Å²) in [5.41, 5.74) is 1.13. The van der Waals surface area contributed by atoms with Crippen molar-refractivity contribution in [2.75, 3.05) is 0 Å². The first-order valence-electron chi connectivity index (χ1n) is 6.02. The van der Waals surface area contributed by atoms with Gasteiger partial charge in [-0.3, -0.25) is 0 Å². The van der Waals surface area contributed by atoms with E-state index in [0.29, 0.717) is 11.0 Å². The molecule has 0 aliphatic rings. The summed E-state index contributed by atoms with van der Waals surface area (Å²) in [6.07, 6.45) is 0.742. The van der Waals surface area contributed by atoms with Crippen LogP contribution in [0.2, 0.25) is 0 Å². The van der Waals surface area contributed by atoms with E-state index in [1.54, 1.807) is 0 Å². The van der Waals surface area contributed by atoms with Gasteiger partial charge in [-0.2, -0.15) is 0 Å². The molecule has 0 fully saturated rings. The van der Waals surface area contributed by atoms with Crippen molar-refractivity contribution in [3.05, 3.63) is 23.8 Å². The average molecular weight is 250 g/mol. The van der Waals surface area contributed by atoms with Crippen molar-refractivity contribution in [3.63, 3.8) is 0 Å². The molecule has 96 valence electrons. The lowest BCUT2D eigenvalue weighted by Crippen LogP contribution is -2.32. The zero-order valence-corrected chi connectivity index (χ0v) is 10.7. The average Bonchev–Trinajstić information content (AvgIpc) is 2.64. The number of hydrogen-bond acceptors (Lipinski definition) is 3. The normalized spacial score (nSPS) is 11.5. The molecule has 18 heavy (non-hydrogen) atoms. The number of benzene rings is 1. The van der Waals surface area contributed by atoms with Gasteiger partial charge in [0.1, 0.15) is 11.6 Å². The van der Waals surface area contributed by atoms with Crippen LogP contribution in [0.15, 0.2) is 12.1 Å². The van der Waals surface area contributed by atoms with Crippen molar-refractivity contribution < 1.29 is 14.4 Å². The van der Waals surface area contributed by atoms with Crippen molar-refractivity contribution >= 4 is 23.6 Å². The van der Waals surface area contributed by atoms with Crippen LogP contribution >= 0.6 is 0 Å². The van der Waals surface area contributed by atoms with Gasteiger partial charge in [-0.1, -0.05) is 6.92 Å². The van der Waals surface area contributed by atoms with E-state index in [1.165, 1.54) is 12.1 Å². The highest BCUT2D eigenvalue weighted by Crippen LogP contribution is 2.21. The number of hydrogen-bond donors (Lipinski definition) is 2. The molecule has 2 N–H and O–H groups in total. The summed E-state index contributed by atoms with van der Waals surface area (Å²) in [7, 11) is -1.82. The zero-order chi connectivity index (χ0) is 13.4. The summed E-state index contributed by atoms with van der Waals surface area (Å²) >= 11 is 0. The van der Waals surface area contributed by atoms with Gasteiger partial charge < -0.3 is 14.6 Å². The maximum atomic E-state index is 13.8. The molecular weight excluding hydrogens is 234 g/mol. The van der Waals surface area contributed by atoms with Gasteiger partial charge in [-0.05, 0) is 26.0 Å².